The Balaban J connectivity index is 2.83. The predicted octanol–water partition coefficient (Wildman–Crippen LogP) is 1.33. The van der Waals surface area contributed by atoms with Crippen LogP contribution in [0, 0.1) is 0 Å². The van der Waals surface area contributed by atoms with Crippen molar-refractivity contribution in [1.82, 2.24) is 4.72 Å². The number of aliphatic hydroxyl groups excluding tert-OH is 1. The quantitative estimate of drug-likeness (QED) is 0.740. The van der Waals surface area contributed by atoms with Crippen LogP contribution in [0.1, 0.15) is 37.0 Å². The highest BCUT2D eigenvalue weighted by molar-refractivity contribution is 7.89. The largest absolute Gasteiger partial charge is 0.392 e. The molecule has 0 aliphatic carbocycles. The number of rotatable bonds is 7. The molecule has 2 N–H and O–H groups in total. The van der Waals surface area contributed by atoms with E-state index < -0.39 is 16.1 Å². The van der Waals surface area contributed by atoms with Crippen LogP contribution < -0.4 is 4.72 Å². The normalized spacial score (nSPS) is 13.2. The molecule has 0 fully saturated rings. The smallest absolute Gasteiger partial charge is 0.240 e. The number of ketones is 1. The summed E-state index contributed by atoms with van der Waals surface area (Å²) in [7, 11) is -3.69. The maximum Gasteiger partial charge on any atom is 0.240 e. The molecule has 0 bridgehead atoms. The van der Waals surface area contributed by atoms with Gasteiger partial charge in [0, 0.05) is 12.1 Å². The lowest BCUT2D eigenvalue weighted by Crippen LogP contribution is -2.32. The second-order valence-corrected chi connectivity index (χ2v) is 6.15. The van der Waals surface area contributed by atoms with E-state index in [-0.39, 0.29) is 17.2 Å². The molecule has 0 aromatic heterocycles. The molecular formula is C13H19NO4S. The van der Waals surface area contributed by atoms with Crippen LogP contribution in [0.25, 0.3) is 0 Å². The van der Waals surface area contributed by atoms with Crippen molar-refractivity contribution in [1.29, 1.82) is 0 Å². The zero-order valence-electron chi connectivity index (χ0n) is 11.1. The molecule has 106 valence electrons. The molecule has 5 nitrogen and oxygen atoms in total. The number of hydrogen-bond acceptors (Lipinski definition) is 4. The van der Waals surface area contributed by atoms with Gasteiger partial charge in [-0.05, 0) is 25.5 Å². The van der Waals surface area contributed by atoms with Gasteiger partial charge in [-0.2, -0.15) is 0 Å². The van der Waals surface area contributed by atoms with Crippen molar-refractivity contribution in [3.05, 3.63) is 29.8 Å². The topological polar surface area (TPSA) is 83.5 Å². The third-order valence-electron chi connectivity index (χ3n) is 2.68. The first-order valence-corrected chi connectivity index (χ1v) is 7.64. The second-order valence-electron chi connectivity index (χ2n) is 4.38. The molecule has 19 heavy (non-hydrogen) atoms. The van der Waals surface area contributed by atoms with Crippen molar-refractivity contribution in [2.75, 3.05) is 6.54 Å². The molecule has 0 saturated carbocycles. The Kier molecular flexibility index (Phi) is 5.65. The average Bonchev–Trinajstić information content (AvgIpc) is 2.37. The van der Waals surface area contributed by atoms with E-state index in [2.05, 4.69) is 4.72 Å². The van der Waals surface area contributed by atoms with Gasteiger partial charge in [-0.3, -0.25) is 4.79 Å². The van der Waals surface area contributed by atoms with Crippen LogP contribution in [-0.2, 0) is 10.0 Å². The molecule has 0 heterocycles. The fraction of sp³-hybridized carbons (Fsp3) is 0.462. The molecule has 1 aromatic carbocycles. The minimum Gasteiger partial charge on any atom is -0.392 e. The highest BCUT2D eigenvalue weighted by Crippen LogP contribution is 2.12. The van der Waals surface area contributed by atoms with Crippen molar-refractivity contribution >= 4 is 15.8 Å². The van der Waals surface area contributed by atoms with E-state index in [1.54, 1.807) is 6.07 Å². The Morgan fingerprint density at radius 1 is 1.42 bits per heavy atom. The van der Waals surface area contributed by atoms with Gasteiger partial charge in [0.05, 0.1) is 11.0 Å². The number of benzene rings is 1. The average molecular weight is 285 g/mol. The van der Waals surface area contributed by atoms with Crippen LogP contribution in [-0.4, -0.2) is 32.0 Å². The first kappa shape index (κ1) is 15.8. The van der Waals surface area contributed by atoms with Gasteiger partial charge < -0.3 is 5.11 Å². The van der Waals surface area contributed by atoms with Crippen molar-refractivity contribution in [2.45, 2.75) is 37.7 Å². The summed E-state index contributed by atoms with van der Waals surface area (Å²) in [4.78, 5) is 11.3. The summed E-state index contributed by atoms with van der Waals surface area (Å²) in [6, 6.07) is 5.83. The number of sulfonamides is 1. The lowest BCUT2D eigenvalue weighted by atomic mass is 10.2. The van der Waals surface area contributed by atoms with E-state index in [1.165, 1.54) is 25.1 Å². The third kappa shape index (κ3) is 4.74. The maximum absolute atomic E-state index is 12.0. The predicted molar refractivity (Wildman–Crippen MR) is 72.5 cm³/mol. The lowest BCUT2D eigenvalue weighted by molar-refractivity contribution is 0.101. The van der Waals surface area contributed by atoms with Gasteiger partial charge >= 0.3 is 0 Å². The molecule has 6 heteroatoms. The summed E-state index contributed by atoms with van der Waals surface area (Å²) >= 11 is 0. The standard InChI is InChI=1S/C13H19NO4S/c1-3-5-12(16)9-14-19(17,18)13-7-4-6-11(8-13)10(2)15/h4,6-8,12,14,16H,3,5,9H2,1-2H3. The van der Waals surface area contributed by atoms with Gasteiger partial charge in [0.2, 0.25) is 10.0 Å². The molecule has 0 spiro atoms. The Bertz CT molecular complexity index is 539. The molecule has 0 aliphatic rings. The van der Waals surface area contributed by atoms with Crippen LogP contribution in [0.3, 0.4) is 0 Å². The SMILES string of the molecule is CCCC(O)CNS(=O)(=O)c1cccc(C(C)=O)c1. The molecule has 1 unspecified atom stereocenters. The molecule has 0 amide bonds. The summed E-state index contributed by atoms with van der Waals surface area (Å²) in [5.74, 6) is -0.192. The molecule has 0 saturated heterocycles. The van der Waals surface area contributed by atoms with E-state index >= 15 is 0 Å². The number of carbonyl (C=O) groups excluding carboxylic acids is 1. The van der Waals surface area contributed by atoms with Crippen LogP contribution in [0.5, 0.6) is 0 Å². The minimum absolute atomic E-state index is 0.0273. The van der Waals surface area contributed by atoms with Crippen LogP contribution in [0.2, 0.25) is 0 Å². The Morgan fingerprint density at radius 3 is 2.68 bits per heavy atom. The van der Waals surface area contributed by atoms with Gasteiger partial charge in [0.25, 0.3) is 0 Å². The van der Waals surface area contributed by atoms with E-state index in [4.69, 9.17) is 0 Å². The Labute approximate surface area is 113 Å². The summed E-state index contributed by atoms with van der Waals surface area (Å²) in [6.07, 6.45) is 0.620. The maximum atomic E-state index is 12.0. The number of aliphatic hydroxyl groups is 1. The number of hydrogen-bond donors (Lipinski definition) is 2. The molecule has 1 atom stereocenters. The van der Waals surface area contributed by atoms with Crippen molar-refractivity contribution in [3.63, 3.8) is 0 Å². The first-order chi connectivity index (χ1) is 8.86. The summed E-state index contributed by atoms with van der Waals surface area (Å²) < 4.78 is 26.3. The monoisotopic (exact) mass is 285 g/mol. The van der Waals surface area contributed by atoms with Gasteiger partial charge in [-0.1, -0.05) is 25.5 Å². The van der Waals surface area contributed by atoms with Crippen LogP contribution in [0.4, 0.5) is 0 Å². The Morgan fingerprint density at radius 2 is 2.11 bits per heavy atom. The lowest BCUT2D eigenvalue weighted by Gasteiger charge is -2.11. The van der Waals surface area contributed by atoms with E-state index in [0.29, 0.717) is 12.0 Å². The summed E-state index contributed by atoms with van der Waals surface area (Å²) in [5.41, 5.74) is 0.344. The summed E-state index contributed by atoms with van der Waals surface area (Å²) in [5, 5.41) is 9.52. The highest BCUT2D eigenvalue weighted by Gasteiger charge is 2.16. The number of carbonyl (C=O) groups is 1. The number of Topliss-reactive ketones (excluding diaryl/α,β-unsaturated/α-hetero) is 1. The fourth-order valence-corrected chi connectivity index (χ4v) is 2.73. The van der Waals surface area contributed by atoms with Crippen LogP contribution in [0.15, 0.2) is 29.2 Å². The Hall–Kier alpha value is -1.24. The molecule has 1 rings (SSSR count). The number of nitrogens with one attached hydrogen (secondary N) is 1. The highest BCUT2D eigenvalue weighted by atomic mass is 32.2. The molecule has 0 radical (unpaired) electrons. The first-order valence-electron chi connectivity index (χ1n) is 6.15. The van der Waals surface area contributed by atoms with Gasteiger partial charge in [-0.25, -0.2) is 13.1 Å². The zero-order chi connectivity index (χ0) is 14.5. The van der Waals surface area contributed by atoms with Crippen molar-refractivity contribution in [3.8, 4) is 0 Å². The van der Waals surface area contributed by atoms with Gasteiger partial charge in [0.15, 0.2) is 5.78 Å². The van der Waals surface area contributed by atoms with Crippen LogP contribution >= 0.6 is 0 Å². The fourth-order valence-electron chi connectivity index (χ4n) is 1.61. The van der Waals surface area contributed by atoms with E-state index in [9.17, 15) is 18.3 Å². The molecule has 0 aliphatic heterocycles. The third-order valence-corrected chi connectivity index (χ3v) is 4.10. The van der Waals surface area contributed by atoms with Crippen molar-refractivity contribution in [2.24, 2.45) is 0 Å². The molecule has 1 aromatic rings. The zero-order valence-corrected chi connectivity index (χ0v) is 11.9. The van der Waals surface area contributed by atoms with Crippen molar-refractivity contribution < 1.29 is 18.3 Å². The second kappa shape index (κ2) is 6.79. The molecular weight excluding hydrogens is 266 g/mol. The van der Waals surface area contributed by atoms with E-state index in [1.807, 2.05) is 6.92 Å². The van der Waals surface area contributed by atoms with E-state index in [0.717, 1.165) is 6.42 Å². The van der Waals surface area contributed by atoms with Gasteiger partial charge in [0.1, 0.15) is 0 Å². The minimum atomic E-state index is -3.69. The summed E-state index contributed by atoms with van der Waals surface area (Å²) in [6.45, 7) is 3.26. The van der Waals surface area contributed by atoms with Gasteiger partial charge in [-0.15, -0.1) is 0 Å².